The van der Waals surface area contributed by atoms with Gasteiger partial charge in [-0.1, -0.05) is 25.5 Å². The Morgan fingerprint density at radius 2 is 2.18 bits per heavy atom. The predicted molar refractivity (Wildman–Crippen MR) is 116 cm³/mol. The largest absolute Gasteiger partial charge is 0.477 e. The van der Waals surface area contributed by atoms with Crippen LogP contribution >= 0.6 is 22.9 Å². The van der Waals surface area contributed by atoms with Gasteiger partial charge in [-0.3, -0.25) is 0 Å². The number of alkyl halides is 1. The second-order valence-corrected chi connectivity index (χ2v) is 10.4. The molecule has 0 bridgehead atoms. The molecule has 156 valence electrons. The Morgan fingerprint density at radius 3 is 2.79 bits per heavy atom. The van der Waals surface area contributed by atoms with E-state index in [0.717, 1.165) is 62.7 Å². The fraction of sp³-hybridized carbons (Fsp3) is 0.696. The van der Waals surface area contributed by atoms with E-state index in [1.54, 1.807) is 6.07 Å². The second kappa shape index (κ2) is 9.77. The van der Waals surface area contributed by atoms with Gasteiger partial charge in [0, 0.05) is 10.3 Å². The van der Waals surface area contributed by atoms with Crippen molar-refractivity contribution in [3.05, 3.63) is 34.0 Å². The molecule has 3 nitrogen and oxygen atoms in total. The highest BCUT2D eigenvalue weighted by Crippen LogP contribution is 2.48. The lowest BCUT2D eigenvalue weighted by Gasteiger charge is -2.45. The van der Waals surface area contributed by atoms with Gasteiger partial charge in [-0.05, 0) is 87.2 Å². The highest BCUT2D eigenvalue weighted by atomic mass is 35.5. The van der Waals surface area contributed by atoms with Crippen molar-refractivity contribution in [2.24, 2.45) is 17.3 Å². The third-order valence-corrected chi connectivity index (χ3v) is 8.77. The van der Waals surface area contributed by atoms with Crippen LogP contribution < -0.4 is 0 Å². The first kappa shape index (κ1) is 21.9. The molecule has 0 saturated heterocycles. The first-order chi connectivity index (χ1) is 13.4. The molecule has 0 radical (unpaired) electrons. The summed E-state index contributed by atoms with van der Waals surface area (Å²) in [5.74, 6) is 0.153. The van der Waals surface area contributed by atoms with Crippen molar-refractivity contribution >= 4 is 28.9 Å². The number of carboxylic acids is 1. The van der Waals surface area contributed by atoms with Gasteiger partial charge in [0.05, 0.1) is 6.10 Å². The van der Waals surface area contributed by atoms with Crippen LogP contribution in [0.25, 0.3) is 0 Å². The van der Waals surface area contributed by atoms with Crippen molar-refractivity contribution in [1.82, 2.24) is 0 Å². The lowest BCUT2D eigenvalue weighted by atomic mass is 9.63. The molecule has 2 N–H and O–H groups in total. The molecule has 2 fully saturated rings. The van der Waals surface area contributed by atoms with Gasteiger partial charge in [0.15, 0.2) is 0 Å². The Labute approximate surface area is 177 Å². The molecule has 1 aromatic heterocycles. The van der Waals surface area contributed by atoms with Gasteiger partial charge in [-0.25, -0.2) is 4.79 Å². The Kier molecular flexibility index (Phi) is 7.63. The molecule has 3 rings (SSSR count). The Bertz CT molecular complexity index is 674. The van der Waals surface area contributed by atoms with E-state index in [2.05, 4.69) is 19.1 Å². The minimum absolute atomic E-state index is 0.162. The number of hydrogen-bond acceptors (Lipinski definition) is 3. The highest BCUT2D eigenvalue weighted by Gasteiger charge is 2.41. The molecule has 0 spiro atoms. The maximum atomic E-state index is 11.0. The summed E-state index contributed by atoms with van der Waals surface area (Å²) in [4.78, 5) is 12.6. The number of halogens is 1. The third-order valence-electron chi connectivity index (χ3n) is 7.12. The summed E-state index contributed by atoms with van der Waals surface area (Å²) >= 11 is 7.99. The Hall–Kier alpha value is -0.840. The van der Waals surface area contributed by atoms with Crippen LogP contribution in [-0.2, 0) is 6.42 Å². The number of aromatic carboxylic acids is 1. The SMILES string of the molecule is CCC1(C(O)C/C=C/C2[C@@H](CCCc3ccc(C(=O)O)s3)CC[C@H]2Cl)CCC1. The molecule has 2 unspecified atom stereocenters. The number of aliphatic hydroxyl groups is 1. The smallest absolute Gasteiger partial charge is 0.345 e. The van der Waals surface area contributed by atoms with E-state index < -0.39 is 5.97 Å². The van der Waals surface area contributed by atoms with E-state index in [0.29, 0.717) is 16.7 Å². The minimum Gasteiger partial charge on any atom is -0.477 e. The van der Waals surface area contributed by atoms with Crippen molar-refractivity contribution in [3.8, 4) is 0 Å². The van der Waals surface area contributed by atoms with Crippen LogP contribution in [-0.4, -0.2) is 27.7 Å². The number of carboxylic acid groups (broad SMARTS) is 1. The second-order valence-electron chi connectivity index (χ2n) is 8.64. The molecule has 2 saturated carbocycles. The number of carbonyl (C=O) groups is 1. The van der Waals surface area contributed by atoms with E-state index in [4.69, 9.17) is 16.7 Å². The van der Waals surface area contributed by atoms with Crippen LogP contribution in [0.5, 0.6) is 0 Å². The molecular formula is C23H33ClO3S. The minimum atomic E-state index is -0.837. The zero-order valence-corrected chi connectivity index (χ0v) is 18.4. The lowest BCUT2D eigenvalue weighted by molar-refractivity contribution is -0.0355. The highest BCUT2D eigenvalue weighted by molar-refractivity contribution is 7.13. The molecule has 0 aliphatic heterocycles. The average Bonchev–Trinajstić information content (AvgIpc) is 3.23. The summed E-state index contributed by atoms with van der Waals surface area (Å²) < 4.78 is 0. The lowest BCUT2D eigenvalue weighted by Crippen LogP contribution is -2.40. The first-order valence-corrected chi connectivity index (χ1v) is 12.0. The molecule has 2 aliphatic carbocycles. The summed E-state index contributed by atoms with van der Waals surface area (Å²) in [7, 11) is 0. The molecule has 0 amide bonds. The summed E-state index contributed by atoms with van der Waals surface area (Å²) in [6, 6.07) is 3.64. The van der Waals surface area contributed by atoms with E-state index in [1.165, 1.54) is 17.8 Å². The zero-order chi connectivity index (χ0) is 20.1. The Balaban J connectivity index is 1.47. The molecule has 1 heterocycles. The van der Waals surface area contributed by atoms with Crippen molar-refractivity contribution in [2.75, 3.05) is 0 Å². The number of hydrogen-bond donors (Lipinski definition) is 2. The fourth-order valence-electron chi connectivity index (χ4n) is 5.00. The number of aliphatic hydroxyl groups excluding tert-OH is 1. The standard InChI is InChI=1S/C23H33ClO3S/c1-2-23(14-5-15-23)21(25)9-4-8-18-16(10-12-19(18)24)6-3-7-17-11-13-20(28-17)22(26)27/h4,8,11,13,16,18-19,21,25H,2-3,5-7,9-10,12,14-15H2,1H3,(H,26,27)/b8-4+/t16-,18?,19+,21?/m0/s1. The van der Waals surface area contributed by atoms with Gasteiger partial charge in [-0.2, -0.15) is 0 Å². The molecule has 4 atom stereocenters. The van der Waals surface area contributed by atoms with Crippen LogP contribution in [0.2, 0.25) is 0 Å². The first-order valence-electron chi connectivity index (χ1n) is 10.8. The van der Waals surface area contributed by atoms with Crippen LogP contribution in [0.3, 0.4) is 0 Å². The quantitative estimate of drug-likeness (QED) is 0.342. The molecule has 28 heavy (non-hydrogen) atoms. The number of allylic oxidation sites excluding steroid dienone is 1. The van der Waals surface area contributed by atoms with Crippen LogP contribution in [0.4, 0.5) is 0 Å². The van der Waals surface area contributed by atoms with E-state index in [1.807, 2.05) is 6.07 Å². The molecular weight excluding hydrogens is 392 g/mol. The fourth-order valence-corrected chi connectivity index (χ4v) is 6.31. The summed E-state index contributed by atoms with van der Waals surface area (Å²) in [5, 5.41) is 19.8. The maximum absolute atomic E-state index is 11.0. The Morgan fingerprint density at radius 1 is 1.39 bits per heavy atom. The maximum Gasteiger partial charge on any atom is 0.345 e. The van der Waals surface area contributed by atoms with Crippen molar-refractivity contribution in [1.29, 1.82) is 0 Å². The monoisotopic (exact) mass is 424 g/mol. The van der Waals surface area contributed by atoms with E-state index in [-0.39, 0.29) is 16.9 Å². The summed E-state index contributed by atoms with van der Waals surface area (Å²) in [6.07, 6.45) is 15.0. The van der Waals surface area contributed by atoms with Gasteiger partial charge in [0.25, 0.3) is 0 Å². The number of rotatable bonds is 10. The van der Waals surface area contributed by atoms with Crippen LogP contribution in [0.1, 0.15) is 79.3 Å². The average molecular weight is 425 g/mol. The van der Waals surface area contributed by atoms with Gasteiger partial charge in [0.1, 0.15) is 4.88 Å². The van der Waals surface area contributed by atoms with Gasteiger partial charge in [-0.15, -0.1) is 22.9 Å². The molecule has 0 aromatic carbocycles. The normalized spacial score (nSPS) is 27.8. The van der Waals surface area contributed by atoms with E-state index >= 15 is 0 Å². The number of thiophene rings is 1. The molecule has 5 heteroatoms. The number of aryl methyl sites for hydroxylation is 1. The van der Waals surface area contributed by atoms with Gasteiger partial charge in [0.2, 0.25) is 0 Å². The van der Waals surface area contributed by atoms with Gasteiger partial charge < -0.3 is 10.2 Å². The third kappa shape index (κ3) is 5.01. The summed E-state index contributed by atoms with van der Waals surface area (Å²) in [6.45, 7) is 2.20. The van der Waals surface area contributed by atoms with Gasteiger partial charge >= 0.3 is 5.97 Å². The zero-order valence-electron chi connectivity index (χ0n) is 16.8. The predicted octanol–water partition coefficient (Wildman–Crippen LogP) is 6.29. The van der Waals surface area contributed by atoms with Crippen molar-refractivity contribution in [3.63, 3.8) is 0 Å². The topological polar surface area (TPSA) is 57.5 Å². The van der Waals surface area contributed by atoms with Crippen molar-refractivity contribution in [2.45, 2.75) is 82.6 Å². The van der Waals surface area contributed by atoms with Crippen LogP contribution in [0.15, 0.2) is 24.3 Å². The van der Waals surface area contributed by atoms with Crippen molar-refractivity contribution < 1.29 is 15.0 Å². The van der Waals surface area contributed by atoms with E-state index in [9.17, 15) is 9.90 Å². The van der Waals surface area contributed by atoms with Crippen LogP contribution in [0, 0.1) is 17.3 Å². The molecule has 2 aliphatic rings. The summed E-state index contributed by atoms with van der Waals surface area (Å²) in [5.41, 5.74) is 0.162. The molecule has 1 aromatic rings.